The van der Waals surface area contributed by atoms with E-state index in [1.54, 1.807) is 6.92 Å². The lowest BCUT2D eigenvalue weighted by atomic mass is 10.2. The molecule has 1 aliphatic rings. The van der Waals surface area contributed by atoms with Gasteiger partial charge in [-0.3, -0.25) is 4.90 Å². The zero-order valence-corrected chi connectivity index (χ0v) is 14.0. The van der Waals surface area contributed by atoms with Crippen LogP contribution in [0.1, 0.15) is 33.1 Å². The minimum absolute atomic E-state index is 0.135. The number of aliphatic carboxylic acids is 1. The van der Waals surface area contributed by atoms with Gasteiger partial charge in [0.15, 0.2) is 12.3 Å². The number of carbonyl (C=O) groups is 2. The van der Waals surface area contributed by atoms with Crippen LogP contribution in [0.4, 0.5) is 4.79 Å². The van der Waals surface area contributed by atoms with Crippen molar-refractivity contribution in [3.05, 3.63) is 0 Å². The summed E-state index contributed by atoms with van der Waals surface area (Å²) in [7, 11) is 1.37. The van der Waals surface area contributed by atoms with Crippen LogP contribution < -0.4 is 0 Å². The fraction of sp³-hybridized carbons (Fsp3) is 0.867. The number of rotatable bonds is 9. The Hall–Kier alpha value is -1.38. The summed E-state index contributed by atoms with van der Waals surface area (Å²) in [6, 6.07) is -1.10. The van der Waals surface area contributed by atoms with Crippen molar-refractivity contribution in [1.82, 2.24) is 4.90 Å². The molecule has 1 heterocycles. The predicted octanol–water partition coefficient (Wildman–Crippen LogP) is 1.48. The number of amides is 1. The molecular weight excluding hydrogens is 306 g/mol. The van der Waals surface area contributed by atoms with E-state index in [-0.39, 0.29) is 32.2 Å². The molecule has 1 saturated heterocycles. The van der Waals surface area contributed by atoms with Gasteiger partial charge >= 0.3 is 12.1 Å². The van der Waals surface area contributed by atoms with E-state index in [0.29, 0.717) is 6.61 Å². The highest BCUT2D eigenvalue weighted by molar-refractivity contribution is 5.79. The van der Waals surface area contributed by atoms with E-state index >= 15 is 0 Å². The van der Waals surface area contributed by atoms with Gasteiger partial charge in [-0.15, -0.1) is 0 Å². The molecule has 3 unspecified atom stereocenters. The molecule has 1 rings (SSSR count). The second-order valence-electron chi connectivity index (χ2n) is 5.44. The molecule has 8 heteroatoms. The number of hydrogen-bond acceptors (Lipinski definition) is 6. The lowest BCUT2D eigenvalue weighted by molar-refractivity contribution is -0.194. The van der Waals surface area contributed by atoms with E-state index in [2.05, 4.69) is 0 Å². The molecule has 0 aromatic heterocycles. The molecule has 3 atom stereocenters. The standard InChI is InChI=1S/C15H27NO7/c1-4-21-15(19)16(3)12(14(17)18)10-20-9-11(2)23-13-7-5-6-8-22-13/h11-13H,4-10H2,1-3H3,(H,17,18). The molecular formula is C15H27NO7. The second-order valence-corrected chi connectivity index (χ2v) is 5.44. The van der Waals surface area contributed by atoms with E-state index < -0.39 is 18.1 Å². The summed E-state index contributed by atoms with van der Waals surface area (Å²) in [5, 5.41) is 9.21. The Morgan fingerprint density at radius 2 is 2.09 bits per heavy atom. The maximum absolute atomic E-state index is 11.6. The molecule has 0 spiro atoms. The molecule has 1 fully saturated rings. The molecule has 1 aliphatic heterocycles. The Balaban J connectivity index is 2.34. The van der Waals surface area contributed by atoms with Crippen molar-refractivity contribution >= 4 is 12.1 Å². The Labute approximate surface area is 136 Å². The summed E-state index contributed by atoms with van der Waals surface area (Å²) in [6.07, 6.45) is 1.84. The van der Waals surface area contributed by atoms with E-state index in [1.165, 1.54) is 7.05 Å². The molecule has 8 nitrogen and oxygen atoms in total. The summed E-state index contributed by atoms with van der Waals surface area (Å²) in [4.78, 5) is 23.9. The number of carbonyl (C=O) groups excluding carboxylic acids is 1. The van der Waals surface area contributed by atoms with Gasteiger partial charge in [0.2, 0.25) is 0 Å². The van der Waals surface area contributed by atoms with Crippen molar-refractivity contribution in [1.29, 1.82) is 0 Å². The number of ether oxygens (including phenoxy) is 4. The van der Waals surface area contributed by atoms with Gasteiger partial charge in [0.25, 0.3) is 0 Å². The normalized spacial score (nSPS) is 20.6. The van der Waals surface area contributed by atoms with Crippen LogP contribution in [-0.4, -0.2) is 74.0 Å². The number of carboxylic acids is 1. The molecule has 0 aromatic rings. The van der Waals surface area contributed by atoms with E-state index in [1.807, 2.05) is 6.92 Å². The van der Waals surface area contributed by atoms with Gasteiger partial charge in [0, 0.05) is 13.7 Å². The number of likely N-dealkylation sites (N-methyl/N-ethyl adjacent to an activating group) is 1. The highest BCUT2D eigenvalue weighted by Gasteiger charge is 2.28. The molecule has 0 aromatic carbocycles. The maximum atomic E-state index is 11.6. The van der Waals surface area contributed by atoms with E-state index in [0.717, 1.165) is 24.2 Å². The topological polar surface area (TPSA) is 94.5 Å². The first-order valence-corrected chi connectivity index (χ1v) is 7.92. The summed E-state index contributed by atoms with van der Waals surface area (Å²) in [5.41, 5.74) is 0. The average Bonchev–Trinajstić information content (AvgIpc) is 2.51. The summed E-state index contributed by atoms with van der Waals surface area (Å²) in [6.45, 7) is 4.46. The van der Waals surface area contributed by atoms with Gasteiger partial charge < -0.3 is 24.1 Å². The van der Waals surface area contributed by atoms with Crippen LogP contribution in [0.25, 0.3) is 0 Å². The molecule has 0 saturated carbocycles. The van der Waals surface area contributed by atoms with Crippen LogP contribution in [-0.2, 0) is 23.7 Å². The van der Waals surface area contributed by atoms with Crippen molar-refractivity contribution < 1.29 is 33.6 Å². The largest absolute Gasteiger partial charge is 0.480 e. The maximum Gasteiger partial charge on any atom is 0.410 e. The van der Waals surface area contributed by atoms with Gasteiger partial charge in [-0.05, 0) is 33.1 Å². The van der Waals surface area contributed by atoms with Gasteiger partial charge in [0.1, 0.15) is 0 Å². The van der Waals surface area contributed by atoms with Crippen molar-refractivity contribution in [2.45, 2.75) is 51.5 Å². The van der Waals surface area contributed by atoms with Crippen LogP contribution in [0.5, 0.6) is 0 Å². The lowest BCUT2D eigenvalue weighted by Gasteiger charge is -2.27. The van der Waals surface area contributed by atoms with Crippen molar-refractivity contribution in [3.8, 4) is 0 Å². The van der Waals surface area contributed by atoms with Crippen LogP contribution in [0.2, 0.25) is 0 Å². The number of carboxylic acid groups (broad SMARTS) is 1. The molecule has 0 radical (unpaired) electrons. The third-order valence-electron chi connectivity index (χ3n) is 3.46. The first kappa shape index (κ1) is 19.7. The SMILES string of the molecule is CCOC(=O)N(C)C(COCC(C)OC1CCCCO1)C(=O)O. The molecule has 23 heavy (non-hydrogen) atoms. The highest BCUT2D eigenvalue weighted by atomic mass is 16.7. The Morgan fingerprint density at radius 3 is 2.65 bits per heavy atom. The quantitative estimate of drug-likeness (QED) is 0.683. The van der Waals surface area contributed by atoms with E-state index in [9.17, 15) is 14.7 Å². The molecule has 0 aliphatic carbocycles. The third kappa shape index (κ3) is 7.15. The Bertz CT molecular complexity index is 371. The summed E-state index contributed by atoms with van der Waals surface area (Å²) >= 11 is 0. The van der Waals surface area contributed by atoms with Gasteiger partial charge in [-0.2, -0.15) is 0 Å². The lowest BCUT2D eigenvalue weighted by Crippen LogP contribution is -2.46. The number of hydrogen-bond donors (Lipinski definition) is 1. The highest BCUT2D eigenvalue weighted by Crippen LogP contribution is 2.15. The monoisotopic (exact) mass is 333 g/mol. The molecule has 1 N–H and O–H groups in total. The van der Waals surface area contributed by atoms with Crippen molar-refractivity contribution in [2.24, 2.45) is 0 Å². The average molecular weight is 333 g/mol. The molecule has 1 amide bonds. The third-order valence-corrected chi connectivity index (χ3v) is 3.46. The summed E-state index contributed by atoms with van der Waals surface area (Å²) < 4.78 is 21.3. The predicted molar refractivity (Wildman–Crippen MR) is 81.2 cm³/mol. The first-order valence-electron chi connectivity index (χ1n) is 7.92. The zero-order valence-electron chi connectivity index (χ0n) is 14.0. The number of nitrogens with zero attached hydrogens (tertiary/aromatic N) is 1. The zero-order chi connectivity index (χ0) is 17.2. The van der Waals surface area contributed by atoms with Crippen LogP contribution in [0.3, 0.4) is 0 Å². The second kappa shape index (κ2) is 10.4. The van der Waals surface area contributed by atoms with Crippen LogP contribution in [0.15, 0.2) is 0 Å². The summed E-state index contributed by atoms with van der Waals surface area (Å²) in [5.74, 6) is -1.15. The minimum Gasteiger partial charge on any atom is -0.480 e. The van der Waals surface area contributed by atoms with Crippen LogP contribution in [0, 0.1) is 0 Å². The van der Waals surface area contributed by atoms with E-state index in [4.69, 9.17) is 18.9 Å². The molecule has 134 valence electrons. The Morgan fingerprint density at radius 1 is 1.35 bits per heavy atom. The minimum atomic E-state index is -1.15. The Kier molecular flexibility index (Phi) is 8.90. The van der Waals surface area contributed by atoms with Crippen molar-refractivity contribution in [3.63, 3.8) is 0 Å². The van der Waals surface area contributed by atoms with Gasteiger partial charge in [-0.25, -0.2) is 9.59 Å². The molecule has 0 bridgehead atoms. The smallest absolute Gasteiger partial charge is 0.410 e. The van der Waals surface area contributed by atoms with Gasteiger partial charge in [0.05, 0.1) is 25.9 Å². The van der Waals surface area contributed by atoms with Crippen LogP contribution >= 0.6 is 0 Å². The van der Waals surface area contributed by atoms with Gasteiger partial charge in [-0.1, -0.05) is 0 Å². The van der Waals surface area contributed by atoms with Crippen molar-refractivity contribution in [2.75, 3.05) is 33.5 Å². The fourth-order valence-electron chi connectivity index (χ4n) is 2.16. The fourth-order valence-corrected chi connectivity index (χ4v) is 2.16. The first-order chi connectivity index (χ1) is 11.0.